The zero-order valence-corrected chi connectivity index (χ0v) is 13.3. The zero-order chi connectivity index (χ0) is 13.8. The number of rotatable bonds is 4. The van der Waals surface area contributed by atoms with Crippen LogP contribution < -0.4 is 0 Å². The molecule has 1 aromatic carbocycles. The summed E-state index contributed by atoms with van der Waals surface area (Å²) in [5.41, 5.74) is 1.19. The van der Waals surface area contributed by atoms with Gasteiger partial charge in [-0.25, -0.2) is 4.39 Å². The van der Waals surface area contributed by atoms with Gasteiger partial charge in [-0.05, 0) is 53.9 Å². The lowest BCUT2D eigenvalue weighted by Gasteiger charge is -2.36. The van der Waals surface area contributed by atoms with Crippen molar-refractivity contribution in [2.45, 2.75) is 26.3 Å². The van der Waals surface area contributed by atoms with Crippen LogP contribution in [-0.2, 0) is 6.42 Å². The van der Waals surface area contributed by atoms with E-state index >= 15 is 0 Å². The van der Waals surface area contributed by atoms with E-state index in [9.17, 15) is 4.39 Å². The van der Waals surface area contributed by atoms with Gasteiger partial charge in [-0.1, -0.05) is 6.07 Å². The fourth-order valence-electron chi connectivity index (χ4n) is 2.49. The Balaban J connectivity index is 1.79. The molecule has 1 heterocycles. The van der Waals surface area contributed by atoms with E-state index in [0.29, 0.717) is 10.5 Å². The van der Waals surface area contributed by atoms with Crippen LogP contribution in [0.5, 0.6) is 0 Å². The lowest BCUT2D eigenvalue weighted by Crippen LogP contribution is -2.49. The predicted octanol–water partition coefficient (Wildman–Crippen LogP) is 3.16. The Labute approximate surface area is 123 Å². The van der Waals surface area contributed by atoms with Crippen molar-refractivity contribution < 1.29 is 4.39 Å². The van der Waals surface area contributed by atoms with Crippen molar-refractivity contribution in [3.05, 3.63) is 34.1 Å². The molecule has 1 saturated heterocycles. The standard InChI is InChI=1S/C15H22BrFN2/c1-12(2)19-9-7-18(8-10-19)6-5-13-3-4-15(17)14(16)11-13/h3-4,11-12H,5-10H2,1-2H3. The summed E-state index contributed by atoms with van der Waals surface area (Å²) >= 11 is 3.24. The molecule has 0 bridgehead atoms. The number of halogens is 2. The van der Waals surface area contributed by atoms with Gasteiger partial charge < -0.3 is 4.90 Å². The summed E-state index contributed by atoms with van der Waals surface area (Å²) in [6, 6.07) is 5.95. The van der Waals surface area contributed by atoms with E-state index in [2.05, 4.69) is 39.6 Å². The van der Waals surface area contributed by atoms with E-state index in [1.165, 1.54) is 11.6 Å². The maximum atomic E-state index is 13.1. The summed E-state index contributed by atoms with van der Waals surface area (Å²) in [5, 5.41) is 0. The predicted molar refractivity (Wildman–Crippen MR) is 81.0 cm³/mol. The molecule has 0 amide bonds. The van der Waals surface area contributed by atoms with Gasteiger partial charge in [-0.2, -0.15) is 0 Å². The zero-order valence-electron chi connectivity index (χ0n) is 11.7. The SMILES string of the molecule is CC(C)N1CCN(CCc2ccc(F)c(Br)c2)CC1. The number of benzene rings is 1. The minimum atomic E-state index is -0.186. The highest BCUT2D eigenvalue weighted by molar-refractivity contribution is 9.10. The molecule has 106 valence electrons. The first kappa shape index (κ1) is 14.9. The lowest BCUT2D eigenvalue weighted by molar-refractivity contribution is 0.109. The van der Waals surface area contributed by atoms with Crippen LogP contribution in [0, 0.1) is 5.82 Å². The third-order valence-corrected chi connectivity index (χ3v) is 4.45. The van der Waals surface area contributed by atoms with Crippen LogP contribution >= 0.6 is 15.9 Å². The fraction of sp³-hybridized carbons (Fsp3) is 0.600. The van der Waals surface area contributed by atoms with Gasteiger partial charge in [0.25, 0.3) is 0 Å². The summed E-state index contributed by atoms with van der Waals surface area (Å²) in [6.45, 7) is 10.2. The smallest absolute Gasteiger partial charge is 0.137 e. The highest BCUT2D eigenvalue weighted by Gasteiger charge is 2.18. The molecule has 1 fully saturated rings. The van der Waals surface area contributed by atoms with Gasteiger partial charge in [-0.3, -0.25) is 4.90 Å². The van der Waals surface area contributed by atoms with Crippen molar-refractivity contribution in [2.24, 2.45) is 0 Å². The van der Waals surface area contributed by atoms with Crippen LogP contribution in [0.4, 0.5) is 4.39 Å². The number of nitrogens with zero attached hydrogens (tertiary/aromatic N) is 2. The van der Waals surface area contributed by atoms with Crippen molar-refractivity contribution in [3.8, 4) is 0 Å². The summed E-state index contributed by atoms with van der Waals surface area (Å²) in [5.74, 6) is -0.186. The van der Waals surface area contributed by atoms with Gasteiger partial charge in [0.1, 0.15) is 5.82 Å². The Kier molecular flexibility index (Phi) is 5.37. The molecular weight excluding hydrogens is 307 g/mol. The first-order valence-electron chi connectivity index (χ1n) is 6.96. The summed E-state index contributed by atoms with van der Waals surface area (Å²) in [7, 11) is 0. The quantitative estimate of drug-likeness (QED) is 0.837. The van der Waals surface area contributed by atoms with Gasteiger partial charge >= 0.3 is 0 Å². The molecule has 0 spiro atoms. The van der Waals surface area contributed by atoms with Gasteiger partial charge in [0.05, 0.1) is 4.47 Å². The van der Waals surface area contributed by atoms with Crippen molar-refractivity contribution in [2.75, 3.05) is 32.7 Å². The molecule has 1 aliphatic rings. The van der Waals surface area contributed by atoms with Crippen LogP contribution in [0.2, 0.25) is 0 Å². The Morgan fingerprint density at radius 3 is 2.47 bits per heavy atom. The number of hydrogen-bond donors (Lipinski definition) is 0. The van der Waals surface area contributed by atoms with Crippen LogP contribution in [0.3, 0.4) is 0 Å². The van der Waals surface area contributed by atoms with Crippen molar-refractivity contribution in [1.29, 1.82) is 0 Å². The molecule has 0 N–H and O–H groups in total. The molecule has 0 radical (unpaired) electrons. The largest absolute Gasteiger partial charge is 0.300 e. The van der Waals surface area contributed by atoms with Gasteiger partial charge in [0.15, 0.2) is 0 Å². The average Bonchev–Trinajstić information content (AvgIpc) is 2.40. The molecule has 2 nitrogen and oxygen atoms in total. The normalized spacial score (nSPS) is 18.2. The minimum absolute atomic E-state index is 0.186. The van der Waals surface area contributed by atoms with Crippen molar-refractivity contribution in [3.63, 3.8) is 0 Å². The topological polar surface area (TPSA) is 6.48 Å². The van der Waals surface area contributed by atoms with E-state index in [0.717, 1.165) is 39.1 Å². The summed E-state index contributed by atoms with van der Waals surface area (Å²) < 4.78 is 13.7. The van der Waals surface area contributed by atoms with Gasteiger partial charge in [0.2, 0.25) is 0 Å². The summed E-state index contributed by atoms with van der Waals surface area (Å²) in [6.07, 6.45) is 0.987. The third-order valence-electron chi connectivity index (χ3n) is 3.84. The van der Waals surface area contributed by atoms with Crippen LogP contribution in [-0.4, -0.2) is 48.6 Å². The molecular formula is C15H22BrFN2. The summed E-state index contributed by atoms with van der Waals surface area (Å²) in [4.78, 5) is 5.02. The first-order chi connectivity index (χ1) is 9.06. The molecule has 0 aromatic heterocycles. The third kappa shape index (κ3) is 4.26. The van der Waals surface area contributed by atoms with E-state index in [-0.39, 0.29) is 5.82 Å². The lowest BCUT2D eigenvalue weighted by atomic mass is 10.1. The molecule has 0 aliphatic carbocycles. The second kappa shape index (κ2) is 6.82. The maximum Gasteiger partial charge on any atom is 0.137 e. The maximum absolute atomic E-state index is 13.1. The van der Waals surface area contributed by atoms with Crippen LogP contribution in [0.1, 0.15) is 19.4 Å². The Hall–Kier alpha value is -0.450. The Morgan fingerprint density at radius 1 is 1.21 bits per heavy atom. The van der Waals surface area contributed by atoms with E-state index < -0.39 is 0 Å². The van der Waals surface area contributed by atoms with E-state index in [4.69, 9.17) is 0 Å². The Bertz CT molecular complexity index is 415. The monoisotopic (exact) mass is 328 g/mol. The molecule has 19 heavy (non-hydrogen) atoms. The second-order valence-electron chi connectivity index (χ2n) is 5.47. The highest BCUT2D eigenvalue weighted by atomic mass is 79.9. The minimum Gasteiger partial charge on any atom is -0.300 e. The molecule has 1 aliphatic heterocycles. The van der Waals surface area contributed by atoms with E-state index in [1.807, 2.05) is 12.1 Å². The number of piperazine rings is 1. The fourth-order valence-corrected chi connectivity index (χ4v) is 2.91. The van der Waals surface area contributed by atoms with Crippen LogP contribution in [0.25, 0.3) is 0 Å². The Morgan fingerprint density at radius 2 is 1.89 bits per heavy atom. The van der Waals surface area contributed by atoms with Gasteiger partial charge in [-0.15, -0.1) is 0 Å². The first-order valence-corrected chi connectivity index (χ1v) is 7.76. The molecule has 0 unspecified atom stereocenters. The molecule has 0 atom stereocenters. The highest BCUT2D eigenvalue weighted by Crippen LogP contribution is 2.17. The molecule has 2 rings (SSSR count). The molecule has 0 saturated carbocycles. The average molecular weight is 329 g/mol. The van der Waals surface area contributed by atoms with E-state index in [1.54, 1.807) is 0 Å². The van der Waals surface area contributed by atoms with Crippen molar-refractivity contribution in [1.82, 2.24) is 9.80 Å². The second-order valence-corrected chi connectivity index (χ2v) is 6.32. The molecule has 4 heteroatoms. The van der Waals surface area contributed by atoms with Crippen LogP contribution in [0.15, 0.2) is 22.7 Å². The number of hydrogen-bond acceptors (Lipinski definition) is 2. The van der Waals surface area contributed by atoms with Gasteiger partial charge in [0, 0.05) is 38.8 Å². The molecule has 1 aromatic rings. The van der Waals surface area contributed by atoms with Crippen molar-refractivity contribution >= 4 is 15.9 Å².